The topological polar surface area (TPSA) is 104 Å². The van der Waals surface area contributed by atoms with Gasteiger partial charge < -0.3 is 11.1 Å². The number of halogens is 1. The molecule has 8 heteroatoms. The van der Waals surface area contributed by atoms with Crippen LogP contribution >= 0.6 is 24.2 Å². The Balaban J connectivity index is 0. The van der Waals surface area contributed by atoms with Gasteiger partial charge in [-0.1, -0.05) is 0 Å². The van der Waals surface area contributed by atoms with Crippen molar-refractivity contribution >= 4 is 36.0 Å². The zero-order chi connectivity index (χ0) is 11.0. The van der Waals surface area contributed by atoms with E-state index < -0.39 is 17.9 Å². The minimum absolute atomic E-state index is 0. The van der Waals surface area contributed by atoms with E-state index in [9.17, 15) is 9.59 Å². The summed E-state index contributed by atoms with van der Waals surface area (Å²) in [5.41, 5.74) is 6.58. The fraction of sp³-hybridized carbons (Fsp3) is 0.714. The van der Waals surface area contributed by atoms with Crippen LogP contribution in [-0.2, 0) is 9.59 Å². The lowest BCUT2D eigenvalue weighted by molar-refractivity contribution is -0.134. The van der Waals surface area contributed by atoms with Crippen molar-refractivity contribution in [2.24, 2.45) is 5.73 Å². The maximum absolute atomic E-state index is 11.0. The summed E-state index contributed by atoms with van der Waals surface area (Å²) in [6.07, 6.45) is 2.35. The summed E-state index contributed by atoms with van der Waals surface area (Å²) in [4.78, 5) is 21.9. The van der Waals surface area contributed by atoms with Crippen LogP contribution in [0, 0.1) is 0 Å². The lowest BCUT2D eigenvalue weighted by Crippen LogP contribution is -2.48. The summed E-state index contributed by atoms with van der Waals surface area (Å²) in [6.45, 7) is -0.172. The summed E-state index contributed by atoms with van der Waals surface area (Å²) >= 11 is 1.55. The van der Waals surface area contributed by atoms with Gasteiger partial charge in [-0.3, -0.25) is 14.8 Å². The molecule has 0 saturated carbocycles. The van der Waals surface area contributed by atoms with Crippen LogP contribution in [0.3, 0.4) is 0 Å². The molecule has 0 aromatic rings. The van der Waals surface area contributed by atoms with Crippen molar-refractivity contribution in [2.45, 2.75) is 12.5 Å². The molecule has 0 radical (unpaired) electrons. The van der Waals surface area contributed by atoms with Crippen LogP contribution in [0.15, 0.2) is 0 Å². The molecule has 0 aliphatic carbocycles. The van der Waals surface area contributed by atoms with Gasteiger partial charge in [-0.05, 0) is 18.4 Å². The average Bonchev–Trinajstić information content (AvgIpc) is 2.22. The number of carbonyl (C=O) groups excluding carboxylic acids is 2. The highest BCUT2D eigenvalue weighted by Gasteiger charge is 2.18. The van der Waals surface area contributed by atoms with Crippen LogP contribution in [0.1, 0.15) is 6.42 Å². The minimum Gasteiger partial charge on any atom is -0.343 e. The van der Waals surface area contributed by atoms with E-state index in [1.807, 2.05) is 6.26 Å². The highest BCUT2D eigenvalue weighted by molar-refractivity contribution is 7.98. The van der Waals surface area contributed by atoms with Gasteiger partial charge in [0.05, 0.1) is 6.54 Å². The molecule has 0 aromatic heterocycles. The van der Waals surface area contributed by atoms with Gasteiger partial charge >= 0.3 is 0 Å². The second-order valence-corrected chi connectivity index (χ2v) is 3.57. The number of carbonyl (C=O) groups is 2. The van der Waals surface area contributed by atoms with E-state index in [2.05, 4.69) is 5.32 Å². The highest BCUT2D eigenvalue weighted by Crippen LogP contribution is 2.00. The number of nitrogens with one attached hydrogen (secondary N) is 2. The van der Waals surface area contributed by atoms with E-state index in [1.54, 1.807) is 11.8 Å². The second-order valence-electron chi connectivity index (χ2n) is 2.58. The molecule has 0 aliphatic rings. The summed E-state index contributed by atoms with van der Waals surface area (Å²) in [5.74, 6) is -0.330. The Morgan fingerprint density at radius 3 is 2.53 bits per heavy atom. The fourth-order valence-corrected chi connectivity index (χ4v) is 1.31. The first-order chi connectivity index (χ1) is 6.65. The number of thioether (sulfide) groups is 1. The molecule has 0 saturated heterocycles. The van der Waals surface area contributed by atoms with Gasteiger partial charge in [0.15, 0.2) is 0 Å². The third-order valence-corrected chi connectivity index (χ3v) is 2.20. The Hall–Kier alpha value is -0.500. The third-order valence-electron chi connectivity index (χ3n) is 1.56. The largest absolute Gasteiger partial charge is 0.343 e. The molecule has 0 spiro atoms. The van der Waals surface area contributed by atoms with E-state index in [0.717, 1.165) is 0 Å². The van der Waals surface area contributed by atoms with Crippen LogP contribution in [0.25, 0.3) is 0 Å². The quantitative estimate of drug-likeness (QED) is 0.365. The van der Waals surface area contributed by atoms with Crippen molar-refractivity contribution in [3.8, 4) is 0 Å². The molecule has 5 N–H and O–H groups in total. The van der Waals surface area contributed by atoms with Crippen molar-refractivity contribution in [3.63, 3.8) is 0 Å². The number of rotatable bonds is 6. The molecule has 0 heterocycles. The van der Waals surface area contributed by atoms with Crippen molar-refractivity contribution in [1.29, 1.82) is 0 Å². The van der Waals surface area contributed by atoms with Crippen molar-refractivity contribution in [1.82, 2.24) is 10.8 Å². The zero-order valence-corrected chi connectivity index (χ0v) is 9.99. The second kappa shape index (κ2) is 10.0. The first kappa shape index (κ1) is 16.9. The van der Waals surface area contributed by atoms with Gasteiger partial charge in [0.25, 0.3) is 5.91 Å². The van der Waals surface area contributed by atoms with Crippen LogP contribution in [-0.4, -0.2) is 41.6 Å². The van der Waals surface area contributed by atoms with Crippen molar-refractivity contribution < 1.29 is 14.8 Å². The molecule has 0 rings (SSSR count). The molecule has 2 amide bonds. The Labute approximate surface area is 98.7 Å². The number of hydrogen-bond donors (Lipinski definition) is 4. The SMILES string of the molecule is CSCC[C@H](NC(=O)CN)C(=O)NO.Cl. The van der Waals surface area contributed by atoms with Gasteiger partial charge in [0.1, 0.15) is 6.04 Å². The molecule has 0 bridgehead atoms. The Bertz CT molecular complexity index is 206. The fourth-order valence-electron chi connectivity index (χ4n) is 0.836. The summed E-state index contributed by atoms with van der Waals surface area (Å²) in [7, 11) is 0. The van der Waals surface area contributed by atoms with Crippen LogP contribution in [0.4, 0.5) is 0 Å². The molecule has 0 aliphatic heterocycles. The monoisotopic (exact) mass is 257 g/mol. The molecular formula is C7H16ClN3O3S. The molecule has 0 fully saturated rings. The Morgan fingerprint density at radius 2 is 2.13 bits per heavy atom. The Kier molecular flexibility index (Phi) is 11.3. The van der Waals surface area contributed by atoms with E-state index in [4.69, 9.17) is 10.9 Å². The first-order valence-corrected chi connectivity index (χ1v) is 5.47. The molecule has 0 unspecified atom stereocenters. The molecule has 15 heavy (non-hydrogen) atoms. The predicted molar refractivity (Wildman–Crippen MR) is 61.2 cm³/mol. The molecule has 0 aromatic carbocycles. The first-order valence-electron chi connectivity index (χ1n) is 4.08. The number of hydrogen-bond acceptors (Lipinski definition) is 5. The molecule has 1 atom stereocenters. The molecule has 6 nitrogen and oxygen atoms in total. The summed E-state index contributed by atoms with van der Waals surface area (Å²) in [5, 5.41) is 10.8. The standard InChI is InChI=1S/C7H15N3O3S.ClH/c1-14-3-2-5(7(12)10-13)9-6(11)4-8;/h5,13H,2-4,8H2,1H3,(H,9,11)(H,10,12);1H/t5-;/m0./s1. The predicted octanol–water partition coefficient (Wildman–Crippen LogP) is -0.890. The molecular weight excluding hydrogens is 242 g/mol. The minimum atomic E-state index is -0.719. The van der Waals surface area contributed by atoms with Gasteiger partial charge in [0.2, 0.25) is 5.91 Å². The van der Waals surface area contributed by atoms with Gasteiger partial charge in [-0.25, -0.2) is 5.48 Å². The lowest BCUT2D eigenvalue weighted by Gasteiger charge is -2.15. The highest BCUT2D eigenvalue weighted by atomic mass is 35.5. The average molecular weight is 258 g/mol. The smallest absolute Gasteiger partial charge is 0.265 e. The van der Waals surface area contributed by atoms with Gasteiger partial charge in [0, 0.05) is 0 Å². The lowest BCUT2D eigenvalue weighted by atomic mass is 10.2. The van der Waals surface area contributed by atoms with Crippen molar-refractivity contribution in [3.05, 3.63) is 0 Å². The van der Waals surface area contributed by atoms with Crippen LogP contribution in [0.5, 0.6) is 0 Å². The van der Waals surface area contributed by atoms with E-state index in [0.29, 0.717) is 12.2 Å². The van der Waals surface area contributed by atoms with Crippen LogP contribution in [0.2, 0.25) is 0 Å². The van der Waals surface area contributed by atoms with Crippen molar-refractivity contribution in [2.75, 3.05) is 18.6 Å². The third kappa shape index (κ3) is 7.43. The van der Waals surface area contributed by atoms with Gasteiger partial charge in [-0.2, -0.15) is 11.8 Å². The maximum atomic E-state index is 11.0. The summed E-state index contributed by atoms with van der Waals surface area (Å²) in [6, 6.07) is -0.719. The summed E-state index contributed by atoms with van der Waals surface area (Å²) < 4.78 is 0. The van der Waals surface area contributed by atoms with E-state index in [1.165, 1.54) is 5.48 Å². The number of nitrogens with two attached hydrogens (primary N) is 1. The normalized spacial score (nSPS) is 11.1. The Morgan fingerprint density at radius 1 is 1.53 bits per heavy atom. The maximum Gasteiger partial charge on any atom is 0.265 e. The number of hydroxylamine groups is 1. The van der Waals surface area contributed by atoms with Gasteiger partial charge in [-0.15, -0.1) is 12.4 Å². The van der Waals surface area contributed by atoms with E-state index in [-0.39, 0.29) is 19.0 Å². The number of amides is 2. The molecule has 90 valence electrons. The zero-order valence-electron chi connectivity index (χ0n) is 8.36. The van der Waals surface area contributed by atoms with Crippen LogP contribution < -0.4 is 16.5 Å². The van der Waals surface area contributed by atoms with E-state index >= 15 is 0 Å².